The summed E-state index contributed by atoms with van der Waals surface area (Å²) in [5.74, 6) is 0.127. The Morgan fingerprint density at radius 3 is 2.44 bits per heavy atom. The zero-order chi connectivity index (χ0) is 18.1. The third-order valence-electron chi connectivity index (χ3n) is 3.77. The minimum Gasteiger partial charge on any atom is -0.508 e. The van der Waals surface area contributed by atoms with Gasteiger partial charge in [-0.3, -0.25) is 4.98 Å². The van der Waals surface area contributed by atoms with Crippen LogP contribution >= 0.6 is 34.8 Å². The van der Waals surface area contributed by atoms with Gasteiger partial charge in [0.2, 0.25) is 0 Å². The largest absolute Gasteiger partial charge is 0.508 e. The molecule has 2 aromatic carbocycles. The molecule has 3 rings (SSSR count). The molecule has 25 heavy (non-hydrogen) atoms. The predicted octanol–water partition coefficient (Wildman–Crippen LogP) is 6.26. The summed E-state index contributed by atoms with van der Waals surface area (Å²) in [6, 6.07) is 13.8. The van der Waals surface area contributed by atoms with E-state index < -0.39 is 0 Å². The van der Waals surface area contributed by atoms with Gasteiger partial charge in [0.1, 0.15) is 11.8 Å². The molecule has 1 N–H and O–H groups in total. The van der Waals surface area contributed by atoms with Crippen LogP contribution in [-0.2, 0) is 0 Å². The zero-order valence-electron chi connectivity index (χ0n) is 13.0. The van der Waals surface area contributed by atoms with Crippen LogP contribution in [-0.4, -0.2) is 10.1 Å². The van der Waals surface area contributed by atoms with Crippen LogP contribution in [0, 0.1) is 18.3 Å². The van der Waals surface area contributed by atoms with Gasteiger partial charge in [-0.05, 0) is 37.3 Å². The van der Waals surface area contributed by atoms with Crippen molar-refractivity contribution in [2.45, 2.75) is 6.92 Å². The molecule has 3 aromatic rings. The lowest BCUT2D eigenvalue weighted by Crippen LogP contribution is -1.97. The first-order valence-electron chi connectivity index (χ1n) is 7.27. The molecule has 3 nitrogen and oxygen atoms in total. The van der Waals surface area contributed by atoms with Gasteiger partial charge in [-0.25, -0.2) is 0 Å². The van der Waals surface area contributed by atoms with Crippen molar-refractivity contribution in [2.75, 3.05) is 0 Å². The van der Waals surface area contributed by atoms with E-state index in [9.17, 15) is 10.4 Å². The standard InChI is InChI=1S/C19H11Cl3N2O/c1-10-14(9-23)13(18-15(20)5-6-16(21)19(18)22)8-17(24-10)11-3-2-4-12(25)7-11/h2-8,25H,1H3. The molecule has 0 atom stereocenters. The highest BCUT2D eigenvalue weighted by Crippen LogP contribution is 2.42. The van der Waals surface area contributed by atoms with Crippen molar-refractivity contribution < 1.29 is 5.11 Å². The lowest BCUT2D eigenvalue weighted by Gasteiger charge is -2.14. The van der Waals surface area contributed by atoms with Crippen molar-refractivity contribution in [2.24, 2.45) is 0 Å². The molecule has 0 saturated carbocycles. The van der Waals surface area contributed by atoms with E-state index in [0.717, 1.165) is 0 Å². The number of phenols is 1. The molecule has 0 fully saturated rings. The van der Waals surface area contributed by atoms with Gasteiger partial charge in [-0.15, -0.1) is 0 Å². The molecule has 0 radical (unpaired) electrons. The van der Waals surface area contributed by atoms with Crippen molar-refractivity contribution in [1.29, 1.82) is 5.26 Å². The van der Waals surface area contributed by atoms with E-state index in [1.807, 2.05) is 6.07 Å². The van der Waals surface area contributed by atoms with Crippen LogP contribution in [0.3, 0.4) is 0 Å². The number of hydrogen-bond acceptors (Lipinski definition) is 3. The summed E-state index contributed by atoms with van der Waals surface area (Å²) < 4.78 is 0. The molecule has 0 unspecified atom stereocenters. The minimum atomic E-state index is 0.127. The average Bonchev–Trinajstić information content (AvgIpc) is 2.58. The number of halogens is 3. The molecular formula is C19H11Cl3N2O. The fourth-order valence-corrected chi connectivity index (χ4v) is 3.33. The first-order valence-corrected chi connectivity index (χ1v) is 8.40. The summed E-state index contributed by atoms with van der Waals surface area (Å²) in [5.41, 5.74) is 3.24. The molecule has 0 amide bonds. The number of aromatic nitrogens is 1. The van der Waals surface area contributed by atoms with Crippen LogP contribution in [0.2, 0.25) is 15.1 Å². The van der Waals surface area contributed by atoms with Crippen LogP contribution in [0.5, 0.6) is 5.75 Å². The molecule has 1 aromatic heterocycles. The second-order valence-corrected chi connectivity index (χ2v) is 6.59. The molecular weight excluding hydrogens is 379 g/mol. The quantitative estimate of drug-likeness (QED) is 0.526. The second kappa shape index (κ2) is 6.93. The summed E-state index contributed by atoms with van der Waals surface area (Å²) in [5, 5.41) is 20.3. The van der Waals surface area contributed by atoms with E-state index in [0.29, 0.717) is 43.7 Å². The van der Waals surface area contributed by atoms with Crippen molar-refractivity contribution in [3.05, 3.63) is 68.8 Å². The smallest absolute Gasteiger partial charge is 0.116 e. The molecule has 0 saturated heterocycles. The number of phenolic OH excluding ortho intramolecular Hbond substituents is 1. The van der Waals surface area contributed by atoms with Gasteiger partial charge < -0.3 is 5.11 Å². The lowest BCUT2D eigenvalue weighted by atomic mass is 9.97. The van der Waals surface area contributed by atoms with Gasteiger partial charge in [0.25, 0.3) is 0 Å². The summed E-state index contributed by atoms with van der Waals surface area (Å²) in [6.45, 7) is 1.74. The van der Waals surface area contributed by atoms with Gasteiger partial charge in [0, 0.05) is 16.7 Å². The van der Waals surface area contributed by atoms with Crippen LogP contribution in [0.15, 0.2) is 42.5 Å². The van der Waals surface area contributed by atoms with Crippen molar-refractivity contribution in [3.63, 3.8) is 0 Å². The maximum absolute atomic E-state index is 9.72. The normalized spacial score (nSPS) is 10.5. The third-order valence-corrected chi connectivity index (χ3v) is 4.89. The Balaban J connectivity index is 2.34. The van der Waals surface area contributed by atoms with E-state index >= 15 is 0 Å². The van der Waals surface area contributed by atoms with E-state index in [1.54, 1.807) is 43.3 Å². The molecule has 0 spiro atoms. The number of rotatable bonds is 2. The maximum Gasteiger partial charge on any atom is 0.116 e. The molecule has 1 heterocycles. The van der Waals surface area contributed by atoms with Crippen molar-refractivity contribution in [1.82, 2.24) is 4.98 Å². The number of aromatic hydroxyl groups is 1. The maximum atomic E-state index is 9.72. The van der Waals surface area contributed by atoms with E-state index in [1.165, 1.54) is 0 Å². The number of nitrogens with zero attached hydrogens (tertiary/aromatic N) is 2. The fraction of sp³-hybridized carbons (Fsp3) is 0.0526. The Hall–Kier alpha value is -2.25. The van der Waals surface area contributed by atoms with Crippen molar-refractivity contribution in [3.8, 4) is 34.2 Å². The Labute approximate surface area is 160 Å². The van der Waals surface area contributed by atoms with Gasteiger partial charge >= 0.3 is 0 Å². The monoisotopic (exact) mass is 388 g/mol. The molecule has 0 aliphatic heterocycles. The summed E-state index contributed by atoms with van der Waals surface area (Å²) in [7, 11) is 0. The first-order chi connectivity index (χ1) is 11.9. The molecule has 0 bridgehead atoms. The molecule has 6 heteroatoms. The van der Waals surface area contributed by atoms with E-state index in [-0.39, 0.29) is 10.8 Å². The zero-order valence-corrected chi connectivity index (χ0v) is 15.3. The Bertz CT molecular complexity index is 1030. The third kappa shape index (κ3) is 3.29. The Morgan fingerprint density at radius 1 is 1.04 bits per heavy atom. The number of pyridine rings is 1. The second-order valence-electron chi connectivity index (χ2n) is 5.40. The molecule has 0 aliphatic carbocycles. The first kappa shape index (κ1) is 17.6. The average molecular weight is 390 g/mol. The fourth-order valence-electron chi connectivity index (χ4n) is 2.60. The summed E-state index contributed by atoms with van der Waals surface area (Å²) in [6.07, 6.45) is 0. The van der Waals surface area contributed by atoms with Gasteiger partial charge in [0.15, 0.2) is 0 Å². The lowest BCUT2D eigenvalue weighted by molar-refractivity contribution is 0.475. The van der Waals surface area contributed by atoms with E-state index in [4.69, 9.17) is 34.8 Å². The molecule has 0 aliphatic rings. The van der Waals surface area contributed by atoms with Crippen molar-refractivity contribution >= 4 is 34.8 Å². The van der Waals surface area contributed by atoms with Crippen LogP contribution in [0.4, 0.5) is 0 Å². The Kier molecular flexibility index (Phi) is 4.87. The highest BCUT2D eigenvalue weighted by atomic mass is 35.5. The number of hydrogen-bond donors (Lipinski definition) is 1. The van der Waals surface area contributed by atoms with Crippen LogP contribution in [0.25, 0.3) is 22.4 Å². The highest BCUT2D eigenvalue weighted by molar-refractivity contribution is 6.46. The van der Waals surface area contributed by atoms with Gasteiger partial charge in [0.05, 0.1) is 32.0 Å². The predicted molar refractivity (Wildman–Crippen MR) is 101 cm³/mol. The minimum absolute atomic E-state index is 0.127. The summed E-state index contributed by atoms with van der Waals surface area (Å²) >= 11 is 18.8. The SMILES string of the molecule is Cc1nc(-c2cccc(O)c2)cc(-c2c(Cl)ccc(Cl)c2Cl)c1C#N. The van der Waals surface area contributed by atoms with Crippen LogP contribution in [0.1, 0.15) is 11.3 Å². The molecule has 124 valence electrons. The Morgan fingerprint density at radius 2 is 1.76 bits per heavy atom. The van der Waals surface area contributed by atoms with Gasteiger partial charge in [-0.2, -0.15) is 5.26 Å². The van der Waals surface area contributed by atoms with Gasteiger partial charge in [-0.1, -0.05) is 46.9 Å². The summed E-state index contributed by atoms with van der Waals surface area (Å²) in [4.78, 5) is 4.47. The number of nitriles is 1. The van der Waals surface area contributed by atoms with Crippen LogP contribution < -0.4 is 0 Å². The highest BCUT2D eigenvalue weighted by Gasteiger charge is 2.19. The number of benzene rings is 2. The van der Waals surface area contributed by atoms with E-state index in [2.05, 4.69) is 11.1 Å². The number of aryl methyl sites for hydroxylation is 1. The topological polar surface area (TPSA) is 56.9 Å².